The zero-order chi connectivity index (χ0) is 47.4. The summed E-state index contributed by atoms with van der Waals surface area (Å²) in [6, 6.07) is 22.3. The highest BCUT2D eigenvalue weighted by molar-refractivity contribution is 5.59. The first-order valence-corrected chi connectivity index (χ1v) is 20.8. The lowest BCUT2D eigenvalue weighted by Gasteiger charge is -2.12. The molecule has 0 aromatic heterocycles. The van der Waals surface area contributed by atoms with Gasteiger partial charge in [-0.25, -0.2) is 0 Å². The predicted molar refractivity (Wildman–Crippen MR) is 238 cm³/mol. The van der Waals surface area contributed by atoms with Crippen molar-refractivity contribution in [3.63, 3.8) is 0 Å². The molecule has 342 valence electrons. The van der Waals surface area contributed by atoms with Gasteiger partial charge >= 0.3 is 0 Å². The molecule has 0 amide bonds. The summed E-state index contributed by atoms with van der Waals surface area (Å²) in [5, 5.41) is 85.8. The molecule has 0 spiro atoms. The molecule has 0 fully saturated rings. The monoisotopic (exact) mass is 897 g/mol. The number of nitrogens with zero attached hydrogens (tertiary/aromatic N) is 3. The lowest BCUT2D eigenvalue weighted by atomic mass is 9.98. The van der Waals surface area contributed by atoms with Gasteiger partial charge in [-0.05, 0) is 88.0 Å². The second-order valence-electron chi connectivity index (χ2n) is 14.1. The quantitative estimate of drug-likeness (QED) is 0.0437. The van der Waals surface area contributed by atoms with Crippen LogP contribution < -0.4 is 0 Å². The first kappa shape index (κ1) is 52.2. The molecule has 4 aromatic carbocycles. The first-order chi connectivity index (χ1) is 32.3. The average molecular weight is 898 g/mol. The molecule has 0 saturated heterocycles. The Bertz CT molecular complexity index is 2170. The summed E-state index contributed by atoms with van der Waals surface area (Å²) in [5.74, 6) is 19.1. The molecule has 0 aliphatic carbocycles. The summed E-state index contributed by atoms with van der Waals surface area (Å²) in [6.07, 6.45) is 0. The number of hydrogen-bond acceptors (Lipinski definition) is 15. The minimum absolute atomic E-state index is 0.0383. The third kappa shape index (κ3) is 16.8. The maximum atomic E-state index is 10.0. The highest BCUT2D eigenvalue weighted by Crippen LogP contribution is 2.23. The van der Waals surface area contributed by atoms with Gasteiger partial charge in [0, 0.05) is 33.4 Å². The number of ether oxygens (including phenoxy) is 6. The van der Waals surface area contributed by atoms with E-state index in [0.29, 0.717) is 83.5 Å². The Labute approximate surface area is 384 Å². The van der Waals surface area contributed by atoms with Crippen LogP contribution in [0.3, 0.4) is 0 Å². The molecule has 4 rings (SSSR count). The maximum absolute atomic E-state index is 10.0. The first-order valence-electron chi connectivity index (χ1n) is 20.8. The molecule has 4 aromatic rings. The van der Waals surface area contributed by atoms with Crippen LogP contribution >= 0.6 is 0 Å². The van der Waals surface area contributed by atoms with E-state index in [0.717, 1.165) is 0 Å². The van der Waals surface area contributed by atoms with Crippen LogP contribution in [0.25, 0.3) is 0 Å². The van der Waals surface area contributed by atoms with Gasteiger partial charge in [0.25, 0.3) is 0 Å². The van der Waals surface area contributed by atoms with Crippen molar-refractivity contribution in [2.45, 2.75) is 39.6 Å². The Morgan fingerprint density at radius 3 is 0.606 bits per heavy atom. The Morgan fingerprint density at radius 2 is 0.455 bits per heavy atom. The van der Waals surface area contributed by atoms with Crippen LogP contribution in [0, 0.1) is 69.5 Å². The summed E-state index contributed by atoms with van der Waals surface area (Å²) in [4.78, 5) is 0. The molecule has 0 heterocycles. The predicted octanol–water partition coefficient (Wildman–Crippen LogP) is 2.55. The minimum Gasteiger partial charge on any atom is -0.394 e. The molecule has 0 atom stereocenters. The van der Waals surface area contributed by atoms with Crippen LogP contribution in [0.2, 0.25) is 0 Å². The van der Waals surface area contributed by atoms with Crippen molar-refractivity contribution in [1.29, 1.82) is 15.8 Å². The Morgan fingerprint density at radius 1 is 0.288 bits per heavy atom. The number of aliphatic hydroxyl groups excluding tert-OH is 6. The van der Waals surface area contributed by atoms with Crippen LogP contribution in [0.4, 0.5) is 0 Å². The fraction of sp³-hybridized carbons (Fsp3) is 0.353. The van der Waals surface area contributed by atoms with Gasteiger partial charge in [0.1, 0.15) is 0 Å². The van der Waals surface area contributed by atoms with Gasteiger partial charge in [0.2, 0.25) is 0 Å². The Balaban J connectivity index is 1.90. The number of aliphatic hydroxyl groups is 6. The molecule has 6 N–H and O–H groups in total. The van der Waals surface area contributed by atoms with Crippen LogP contribution in [0.15, 0.2) is 54.6 Å². The van der Waals surface area contributed by atoms with E-state index < -0.39 is 0 Å². The molecule has 0 radical (unpaired) electrons. The number of benzene rings is 4. The van der Waals surface area contributed by atoms with Gasteiger partial charge in [0.05, 0.1) is 154 Å². The zero-order valence-electron chi connectivity index (χ0n) is 36.4. The van der Waals surface area contributed by atoms with E-state index in [1.54, 1.807) is 54.6 Å². The summed E-state index contributed by atoms with van der Waals surface area (Å²) >= 11 is 0. The molecule has 15 heteroatoms. The number of rotatable bonds is 24. The zero-order valence-corrected chi connectivity index (χ0v) is 36.4. The molecular weight excluding hydrogens is 847 g/mol. The summed E-state index contributed by atoms with van der Waals surface area (Å²) in [5.41, 5.74) is 7.48. The highest BCUT2D eigenvalue weighted by atomic mass is 16.5. The molecule has 0 aliphatic heterocycles. The molecule has 0 saturated carbocycles. The lowest BCUT2D eigenvalue weighted by Crippen LogP contribution is -2.06. The summed E-state index contributed by atoms with van der Waals surface area (Å²) in [7, 11) is 0. The van der Waals surface area contributed by atoms with Gasteiger partial charge < -0.3 is 59.1 Å². The third-order valence-corrected chi connectivity index (χ3v) is 9.19. The van der Waals surface area contributed by atoms with E-state index in [9.17, 15) is 46.4 Å². The molecule has 0 aliphatic rings. The van der Waals surface area contributed by atoms with Crippen molar-refractivity contribution in [2.24, 2.45) is 0 Å². The topological polar surface area (TPSA) is 248 Å². The SMILES string of the molecule is N#Cc1c(COCCO)cc(C#Cc2cc(C#Cc3cc(COCCO)c(C#N)c(COCCO)c3)cc(C#Cc3cc(COCCO)c(C#N)c(COCCO)c3)c2)cc1COCCO. The van der Waals surface area contributed by atoms with Crippen molar-refractivity contribution in [3.8, 4) is 53.7 Å². The molecule has 66 heavy (non-hydrogen) atoms. The smallest absolute Gasteiger partial charge is 0.0999 e. The van der Waals surface area contributed by atoms with E-state index in [1.807, 2.05) is 0 Å². The van der Waals surface area contributed by atoms with Gasteiger partial charge in [-0.1, -0.05) is 35.5 Å². The van der Waals surface area contributed by atoms with E-state index in [-0.39, 0.29) is 119 Å². The standard InChI is InChI=1S/C51H51N3O12/c52-28-49-43(31-61-13-7-55)22-40(23-44(49)32-62-14-8-56)4-1-37-19-38(2-5-41-24-45(33-63-15-9-57)50(29-53)46(25-41)34-64-16-10-58)21-39(20-37)3-6-42-26-47(35-65-17-11-59)51(30-54)48(27-42)36-66-18-12-60/h19-27,55-60H,7-18,31-36H2. The van der Waals surface area contributed by atoms with Crippen molar-refractivity contribution in [2.75, 3.05) is 79.3 Å². The molecule has 15 nitrogen and oxygen atoms in total. The van der Waals surface area contributed by atoms with E-state index in [4.69, 9.17) is 28.4 Å². The van der Waals surface area contributed by atoms with Crippen LogP contribution in [0.1, 0.15) is 83.5 Å². The van der Waals surface area contributed by atoms with E-state index in [2.05, 4.69) is 53.7 Å². The van der Waals surface area contributed by atoms with Gasteiger partial charge in [-0.3, -0.25) is 0 Å². The molecule has 0 bridgehead atoms. The average Bonchev–Trinajstić information content (AvgIpc) is 3.32. The third-order valence-electron chi connectivity index (χ3n) is 9.19. The largest absolute Gasteiger partial charge is 0.394 e. The number of nitriles is 3. The van der Waals surface area contributed by atoms with Crippen molar-refractivity contribution < 1.29 is 59.1 Å². The second kappa shape index (κ2) is 29.9. The highest BCUT2D eigenvalue weighted by Gasteiger charge is 2.14. The molecular formula is C51H51N3O12. The maximum Gasteiger partial charge on any atom is 0.0999 e. The van der Waals surface area contributed by atoms with Crippen molar-refractivity contribution in [3.05, 3.63) is 138 Å². The summed E-state index contributed by atoms with van der Waals surface area (Å²) < 4.78 is 33.4. The Hall–Kier alpha value is -6.45. The van der Waals surface area contributed by atoms with Crippen molar-refractivity contribution in [1.82, 2.24) is 0 Å². The van der Waals surface area contributed by atoms with Gasteiger partial charge in [0.15, 0.2) is 0 Å². The van der Waals surface area contributed by atoms with Crippen LogP contribution in [0.5, 0.6) is 0 Å². The minimum atomic E-state index is -0.199. The van der Waals surface area contributed by atoms with Crippen LogP contribution in [-0.4, -0.2) is 110 Å². The normalized spacial score (nSPS) is 10.4. The van der Waals surface area contributed by atoms with Gasteiger partial charge in [-0.15, -0.1) is 0 Å². The van der Waals surface area contributed by atoms with E-state index >= 15 is 0 Å². The summed E-state index contributed by atoms with van der Waals surface area (Å²) in [6.45, 7) is -0.578. The van der Waals surface area contributed by atoms with E-state index in [1.165, 1.54) is 0 Å². The van der Waals surface area contributed by atoms with Crippen LogP contribution in [-0.2, 0) is 68.1 Å². The molecule has 0 unspecified atom stereocenters. The van der Waals surface area contributed by atoms with Gasteiger partial charge in [-0.2, -0.15) is 15.8 Å². The Kier molecular flexibility index (Phi) is 23.6. The second-order valence-corrected chi connectivity index (χ2v) is 14.1. The fourth-order valence-electron chi connectivity index (χ4n) is 6.39. The number of hydrogen-bond donors (Lipinski definition) is 6. The fourth-order valence-corrected chi connectivity index (χ4v) is 6.39. The van der Waals surface area contributed by atoms with Crippen molar-refractivity contribution >= 4 is 0 Å². The lowest BCUT2D eigenvalue weighted by molar-refractivity contribution is 0.0784.